The third-order valence-corrected chi connectivity index (χ3v) is 3.75. The van der Waals surface area contributed by atoms with Crippen LogP contribution in [-0.4, -0.2) is 63.7 Å². The minimum Gasteiger partial charge on any atom is -0.397 e. The number of nitrogen functional groups attached to an aromatic ring is 1. The number of aliphatic hydroxyl groups is 1. The van der Waals surface area contributed by atoms with Crippen LogP contribution in [0.4, 0.5) is 5.69 Å². The summed E-state index contributed by atoms with van der Waals surface area (Å²) in [5.41, 5.74) is 6.37. The Morgan fingerprint density at radius 2 is 1.95 bits per heavy atom. The average Bonchev–Trinajstić information content (AvgIpc) is 2.78. The molecule has 1 aromatic rings. The molecule has 0 aromatic carbocycles. The van der Waals surface area contributed by atoms with Crippen LogP contribution in [0.15, 0.2) is 12.3 Å². The van der Waals surface area contributed by atoms with Gasteiger partial charge in [0.2, 0.25) is 0 Å². The van der Waals surface area contributed by atoms with Crippen LogP contribution >= 0.6 is 0 Å². The van der Waals surface area contributed by atoms with Gasteiger partial charge in [0.1, 0.15) is 5.69 Å². The predicted octanol–water partition coefficient (Wildman–Crippen LogP) is 0.619. The van der Waals surface area contributed by atoms with Crippen LogP contribution in [0, 0.1) is 0 Å². The lowest BCUT2D eigenvalue weighted by Gasteiger charge is -2.37. The van der Waals surface area contributed by atoms with Crippen LogP contribution in [-0.2, 0) is 6.54 Å². The molecule has 6 nitrogen and oxygen atoms in total. The van der Waals surface area contributed by atoms with E-state index in [1.165, 1.54) is 0 Å². The molecule has 21 heavy (non-hydrogen) atoms. The Morgan fingerprint density at radius 1 is 1.33 bits per heavy atom. The van der Waals surface area contributed by atoms with Crippen molar-refractivity contribution in [3.8, 4) is 0 Å². The molecule has 1 aliphatic rings. The monoisotopic (exact) mass is 294 g/mol. The molecule has 1 aromatic heterocycles. The molecule has 1 aliphatic heterocycles. The molecule has 1 amide bonds. The van der Waals surface area contributed by atoms with Crippen LogP contribution in [0.5, 0.6) is 0 Å². The number of β-amino-alcohol motifs (C(OH)–C–C–N with tert-alkyl or cyclic N) is 1. The van der Waals surface area contributed by atoms with E-state index in [-0.39, 0.29) is 5.91 Å². The lowest BCUT2D eigenvalue weighted by molar-refractivity contribution is 0.0176. The first-order valence-electron chi connectivity index (χ1n) is 7.50. The zero-order valence-electron chi connectivity index (χ0n) is 13.2. The van der Waals surface area contributed by atoms with Gasteiger partial charge in [-0.15, -0.1) is 0 Å². The van der Waals surface area contributed by atoms with Gasteiger partial charge in [-0.1, -0.05) is 0 Å². The van der Waals surface area contributed by atoms with Crippen molar-refractivity contribution in [3.63, 3.8) is 0 Å². The summed E-state index contributed by atoms with van der Waals surface area (Å²) in [5, 5.41) is 9.85. The Morgan fingerprint density at radius 3 is 2.48 bits per heavy atom. The SMILES string of the molecule is CCn1cc(N)cc1C(=O)N1CCN(CC(C)(C)O)CC1. The number of carbonyl (C=O) groups is 1. The number of nitrogens with zero attached hydrogens (tertiary/aromatic N) is 3. The molecule has 0 atom stereocenters. The summed E-state index contributed by atoms with van der Waals surface area (Å²) >= 11 is 0. The summed E-state index contributed by atoms with van der Waals surface area (Å²) in [6.45, 7) is 9.92. The fraction of sp³-hybridized carbons (Fsp3) is 0.667. The van der Waals surface area contributed by atoms with Crippen LogP contribution in [0.25, 0.3) is 0 Å². The molecule has 0 aliphatic carbocycles. The maximum absolute atomic E-state index is 12.6. The lowest BCUT2D eigenvalue weighted by Crippen LogP contribution is -2.52. The molecule has 118 valence electrons. The summed E-state index contributed by atoms with van der Waals surface area (Å²) in [6.07, 6.45) is 1.80. The lowest BCUT2D eigenvalue weighted by atomic mass is 10.1. The Balaban J connectivity index is 1.97. The molecule has 2 rings (SSSR count). The van der Waals surface area contributed by atoms with E-state index in [1.54, 1.807) is 26.1 Å². The third-order valence-electron chi connectivity index (χ3n) is 3.75. The van der Waals surface area contributed by atoms with Crippen molar-refractivity contribution in [1.29, 1.82) is 0 Å². The van der Waals surface area contributed by atoms with Crippen molar-refractivity contribution < 1.29 is 9.90 Å². The zero-order chi connectivity index (χ0) is 15.6. The highest BCUT2D eigenvalue weighted by Gasteiger charge is 2.26. The van der Waals surface area contributed by atoms with Gasteiger partial charge in [0.25, 0.3) is 5.91 Å². The molecular weight excluding hydrogens is 268 g/mol. The molecule has 1 fully saturated rings. The highest BCUT2D eigenvalue weighted by molar-refractivity contribution is 5.94. The highest BCUT2D eigenvalue weighted by Crippen LogP contribution is 2.15. The van der Waals surface area contributed by atoms with Gasteiger partial charge in [-0.2, -0.15) is 0 Å². The van der Waals surface area contributed by atoms with Crippen LogP contribution in [0.2, 0.25) is 0 Å². The fourth-order valence-corrected chi connectivity index (χ4v) is 2.79. The molecule has 6 heteroatoms. The first kappa shape index (κ1) is 15.9. The topological polar surface area (TPSA) is 74.7 Å². The number of nitrogens with two attached hydrogens (primary N) is 1. The van der Waals surface area contributed by atoms with E-state index in [0.717, 1.165) is 19.6 Å². The van der Waals surface area contributed by atoms with Gasteiger partial charge < -0.3 is 20.3 Å². The van der Waals surface area contributed by atoms with Gasteiger partial charge in [-0.05, 0) is 26.8 Å². The second-order valence-electron chi connectivity index (χ2n) is 6.33. The number of hydrogen-bond donors (Lipinski definition) is 2. The average molecular weight is 294 g/mol. The van der Waals surface area contributed by atoms with Gasteiger partial charge in [-0.3, -0.25) is 9.69 Å². The molecule has 1 saturated heterocycles. The van der Waals surface area contributed by atoms with E-state index < -0.39 is 5.60 Å². The number of amides is 1. The number of anilines is 1. The first-order valence-corrected chi connectivity index (χ1v) is 7.50. The standard InChI is InChI=1S/C15H26N4O2/c1-4-18-10-12(16)9-13(18)14(20)19-7-5-17(6-8-19)11-15(2,3)21/h9-10,21H,4-8,11,16H2,1-3H3. The van der Waals surface area contributed by atoms with Crippen LogP contribution in [0.3, 0.4) is 0 Å². The minimum absolute atomic E-state index is 0.0384. The molecule has 0 radical (unpaired) electrons. The third kappa shape index (κ3) is 3.98. The fourth-order valence-electron chi connectivity index (χ4n) is 2.79. The Hall–Kier alpha value is -1.53. The maximum Gasteiger partial charge on any atom is 0.270 e. The number of piperazine rings is 1. The molecule has 3 N–H and O–H groups in total. The smallest absolute Gasteiger partial charge is 0.270 e. The molecule has 0 spiro atoms. The summed E-state index contributed by atoms with van der Waals surface area (Å²) in [6, 6.07) is 1.75. The number of aromatic nitrogens is 1. The largest absolute Gasteiger partial charge is 0.397 e. The van der Waals surface area contributed by atoms with Gasteiger partial charge in [0.15, 0.2) is 0 Å². The maximum atomic E-state index is 12.6. The van der Waals surface area contributed by atoms with Crippen molar-refractivity contribution >= 4 is 11.6 Å². The van der Waals surface area contributed by atoms with E-state index in [0.29, 0.717) is 31.0 Å². The normalized spacial score (nSPS) is 17.2. The van der Waals surface area contributed by atoms with Gasteiger partial charge in [0.05, 0.1) is 11.3 Å². The van der Waals surface area contributed by atoms with E-state index >= 15 is 0 Å². The van der Waals surface area contributed by atoms with E-state index in [1.807, 2.05) is 16.4 Å². The molecule has 0 unspecified atom stereocenters. The predicted molar refractivity (Wildman–Crippen MR) is 83.2 cm³/mol. The number of carbonyl (C=O) groups excluding carboxylic acids is 1. The van der Waals surface area contributed by atoms with Crippen molar-refractivity contribution in [1.82, 2.24) is 14.4 Å². The minimum atomic E-state index is -0.697. The summed E-state index contributed by atoms with van der Waals surface area (Å²) in [7, 11) is 0. The molecular formula is C15H26N4O2. The Kier molecular flexibility index (Phi) is 4.58. The van der Waals surface area contributed by atoms with E-state index in [4.69, 9.17) is 5.73 Å². The van der Waals surface area contributed by atoms with E-state index in [9.17, 15) is 9.90 Å². The van der Waals surface area contributed by atoms with Crippen molar-refractivity contribution in [2.24, 2.45) is 0 Å². The molecule has 2 heterocycles. The molecule has 0 saturated carbocycles. The zero-order valence-corrected chi connectivity index (χ0v) is 13.2. The second-order valence-corrected chi connectivity index (χ2v) is 6.33. The van der Waals surface area contributed by atoms with Gasteiger partial charge in [-0.25, -0.2) is 0 Å². The molecule has 0 bridgehead atoms. The summed E-state index contributed by atoms with van der Waals surface area (Å²) in [4.78, 5) is 16.6. The van der Waals surface area contributed by atoms with Crippen LogP contribution < -0.4 is 5.73 Å². The Bertz CT molecular complexity index is 496. The summed E-state index contributed by atoms with van der Waals surface area (Å²) in [5.74, 6) is 0.0384. The summed E-state index contributed by atoms with van der Waals surface area (Å²) < 4.78 is 1.89. The highest BCUT2D eigenvalue weighted by atomic mass is 16.3. The number of aryl methyl sites for hydroxylation is 1. The van der Waals surface area contributed by atoms with Crippen molar-refractivity contribution in [2.45, 2.75) is 32.9 Å². The Labute approximate surface area is 126 Å². The van der Waals surface area contributed by atoms with Gasteiger partial charge >= 0.3 is 0 Å². The van der Waals surface area contributed by atoms with Gasteiger partial charge in [0, 0.05) is 45.5 Å². The van der Waals surface area contributed by atoms with Crippen LogP contribution in [0.1, 0.15) is 31.3 Å². The number of hydrogen-bond acceptors (Lipinski definition) is 4. The first-order chi connectivity index (χ1) is 9.80. The van der Waals surface area contributed by atoms with Crippen molar-refractivity contribution in [2.75, 3.05) is 38.5 Å². The second kappa shape index (κ2) is 6.07. The number of rotatable bonds is 4. The quantitative estimate of drug-likeness (QED) is 0.853. The van der Waals surface area contributed by atoms with Crippen molar-refractivity contribution in [3.05, 3.63) is 18.0 Å². The van der Waals surface area contributed by atoms with E-state index in [2.05, 4.69) is 4.90 Å².